The predicted molar refractivity (Wildman–Crippen MR) is 67.7 cm³/mol. The summed E-state index contributed by atoms with van der Waals surface area (Å²) < 4.78 is 0. The van der Waals surface area contributed by atoms with Crippen LogP contribution in [0.25, 0.3) is 5.57 Å². The Morgan fingerprint density at radius 2 is 2.35 bits per heavy atom. The highest BCUT2D eigenvalue weighted by atomic mass is 15.1. The second kappa shape index (κ2) is 3.89. The van der Waals surface area contributed by atoms with Crippen LogP contribution in [0.1, 0.15) is 28.2 Å². The van der Waals surface area contributed by atoms with Crippen LogP contribution in [0.4, 0.5) is 0 Å². The molecule has 2 aromatic heterocycles. The van der Waals surface area contributed by atoms with Crippen LogP contribution in [0.3, 0.4) is 0 Å². The number of fused-ring (bicyclic) bond motifs is 1. The first-order valence-corrected chi connectivity index (χ1v) is 5.88. The van der Waals surface area contributed by atoms with Crippen LogP contribution in [0.5, 0.6) is 0 Å². The Kier molecular flexibility index (Phi) is 2.37. The first kappa shape index (κ1) is 10.4. The molecular weight excluding hydrogens is 212 g/mol. The fourth-order valence-electron chi connectivity index (χ4n) is 2.38. The smallest absolute Gasteiger partial charge is 0.0969 e. The number of aromatic nitrogens is 3. The fraction of sp³-hybridized carbons (Fsp3) is 0.308. The zero-order valence-corrected chi connectivity index (χ0v) is 9.93. The summed E-state index contributed by atoms with van der Waals surface area (Å²) >= 11 is 0. The Hall–Kier alpha value is -1.81. The lowest BCUT2D eigenvalue weighted by Crippen LogP contribution is -2.23. The molecule has 3 heterocycles. The summed E-state index contributed by atoms with van der Waals surface area (Å²) in [6.07, 6.45) is 2.95. The van der Waals surface area contributed by atoms with Gasteiger partial charge in [0.25, 0.3) is 0 Å². The van der Waals surface area contributed by atoms with E-state index in [1.165, 1.54) is 11.3 Å². The molecule has 4 nitrogen and oxygen atoms in total. The van der Waals surface area contributed by atoms with E-state index in [0.29, 0.717) is 0 Å². The molecule has 1 aliphatic rings. The maximum absolute atomic E-state index is 4.42. The Morgan fingerprint density at radius 3 is 3.12 bits per heavy atom. The Labute approximate surface area is 100 Å². The molecule has 1 aliphatic heterocycles. The van der Waals surface area contributed by atoms with Crippen LogP contribution in [0, 0.1) is 6.92 Å². The normalized spacial score (nSPS) is 14.6. The van der Waals surface area contributed by atoms with Crippen LogP contribution < -0.4 is 5.32 Å². The van der Waals surface area contributed by atoms with E-state index in [9.17, 15) is 0 Å². The average molecular weight is 228 g/mol. The summed E-state index contributed by atoms with van der Waals surface area (Å²) in [6.45, 7) is 8.13. The molecule has 17 heavy (non-hydrogen) atoms. The van der Waals surface area contributed by atoms with Crippen molar-refractivity contribution in [1.82, 2.24) is 20.5 Å². The monoisotopic (exact) mass is 228 g/mol. The van der Waals surface area contributed by atoms with E-state index >= 15 is 0 Å². The summed E-state index contributed by atoms with van der Waals surface area (Å²) in [7, 11) is 0. The molecule has 0 atom stereocenters. The van der Waals surface area contributed by atoms with E-state index in [4.69, 9.17) is 0 Å². The number of hydrogen-bond acceptors (Lipinski definition) is 2. The third kappa shape index (κ3) is 1.61. The fourth-order valence-corrected chi connectivity index (χ4v) is 2.38. The molecule has 3 N–H and O–H groups in total. The Morgan fingerprint density at radius 1 is 1.47 bits per heavy atom. The standard InChI is InChI=1S/C13H16N4/c1-8(10-3-6-15-9(10)2)13-11-7-14-5-4-12(11)16-17-13/h3,6,14-15H,1,4-5,7H2,2H3,(H,16,17). The number of rotatable bonds is 2. The number of hydrogen-bond donors (Lipinski definition) is 3. The van der Waals surface area contributed by atoms with Crippen molar-refractivity contribution >= 4 is 5.57 Å². The number of nitrogens with zero attached hydrogens (tertiary/aromatic N) is 1. The van der Waals surface area contributed by atoms with E-state index in [-0.39, 0.29) is 0 Å². The number of nitrogens with one attached hydrogen (secondary N) is 3. The van der Waals surface area contributed by atoms with Gasteiger partial charge in [-0.3, -0.25) is 5.10 Å². The highest BCUT2D eigenvalue weighted by molar-refractivity contribution is 5.79. The highest BCUT2D eigenvalue weighted by Gasteiger charge is 2.19. The van der Waals surface area contributed by atoms with Gasteiger partial charge in [-0.2, -0.15) is 5.10 Å². The lowest BCUT2D eigenvalue weighted by atomic mass is 9.98. The van der Waals surface area contributed by atoms with Gasteiger partial charge in [0.1, 0.15) is 0 Å². The summed E-state index contributed by atoms with van der Waals surface area (Å²) in [5.41, 5.74) is 6.77. The minimum Gasteiger partial charge on any atom is -0.365 e. The third-order valence-electron chi connectivity index (χ3n) is 3.37. The highest BCUT2D eigenvalue weighted by Crippen LogP contribution is 2.27. The quantitative estimate of drug-likeness (QED) is 0.733. The van der Waals surface area contributed by atoms with Gasteiger partial charge in [-0.05, 0) is 13.0 Å². The Balaban J connectivity index is 2.02. The minimum atomic E-state index is 0.879. The van der Waals surface area contributed by atoms with Crippen molar-refractivity contribution in [3.05, 3.63) is 47.1 Å². The molecule has 0 saturated heterocycles. The molecule has 0 aromatic carbocycles. The zero-order valence-electron chi connectivity index (χ0n) is 9.93. The van der Waals surface area contributed by atoms with Crippen molar-refractivity contribution in [1.29, 1.82) is 0 Å². The van der Waals surface area contributed by atoms with Crippen LogP contribution >= 0.6 is 0 Å². The van der Waals surface area contributed by atoms with Crippen molar-refractivity contribution < 1.29 is 0 Å². The number of aryl methyl sites for hydroxylation is 1. The summed E-state index contributed by atoms with van der Waals surface area (Å²) in [5.74, 6) is 0. The topological polar surface area (TPSA) is 56.5 Å². The second-order valence-electron chi connectivity index (χ2n) is 4.45. The van der Waals surface area contributed by atoms with Crippen molar-refractivity contribution in [2.24, 2.45) is 0 Å². The van der Waals surface area contributed by atoms with Crippen molar-refractivity contribution in [3.8, 4) is 0 Å². The molecule has 0 radical (unpaired) electrons. The van der Waals surface area contributed by atoms with E-state index in [1.807, 2.05) is 6.20 Å². The molecular formula is C13H16N4. The summed E-state index contributed by atoms with van der Waals surface area (Å²) in [6, 6.07) is 2.05. The zero-order chi connectivity index (χ0) is 11.8. The number of H-pyrrole nitrogens is 2. The molecule has 3 rings (SSSR count). The molecule has 88 valence electrons. The van der Waals surface area contributed by atoms with Gasteiger partial charge < -0.3 is 10.3 Å². The van der Waals surface area contributed by atoms with Gasteiger partial charge in [-0.25, -0.2) is 0 Å². The van der Waals surface area contributed by atoms with Crippen molar-refractivity contribution in [2.75, 3.05) is 6.54 Å². The van der Waals surface area contributed by atoms with E-state index in [1.54, 1.807) is 0 Å². The van der Waals surface area contributed by atoms with E-state index < -0.39 is 0 Å². The largest absolute Gasteiger partial charge is 0.365 e. The van der Waals surface area contributed by atoms with E-state index in [0.717, 1.165) is 42.0 Å². The van der Waals surface area contributed by atoms with Crippen molar-refractivity contribution in [3.63, 3.8) is 0 Å². The minimum absolute atomic E-state index is 0.879. The van der Waals surface area contributed by atoms with Crippen molar-refractivity contribution in [2.45, 2.75) is 19.9 Å². The summed E-state index contributed by atoms with van der Waals surface area (Å²) in [4.78, 5) is 3.18. The second-order valence-corrected chi connectivity index (χ2v) is 4.45. The van der Waals surface area contributed by atoms with Gasteiger partial charge in [-0.15, -0.1) is 0 Å². The maximum Gasteiger partial charge on any atom is 0.0969 e. The predicted octanol–water partition coefficient (Wildman–Crippen LogP) is 1.75. The molecule has 0 spiro atoms. The number of aromatic amines is 2. The van der Waals surface area contributed by atoms with Crippen LogP contribution in [0.2, 0.25) is 0 Å². The molecule has 2 aromatic rings. The van der Waals surface area contributed by atoms with Gasteiger partial charge in [0.15, 0.2) is 0 Å². The first-order valence-electron chi connectivity index (χ1n) is 5.88. The Bertz CT molecular complexity index is 562. The van der Waals surface area contributed by atoms with Crippen LogP contribution in [0.15, 0.2) is 18.8 Å². The van der Waals surface area contributed by atoms with Crippen LogP contribution in [-0.4, -0.2) is 21.7 Å². The maximum atomic E-state index is 4.42. The molecule has 0 amide bonds. The van der Waals surface area contributed by atoms with E-state index in [2.05, 4.69) is 40.1 Å². The average Bonchev–Trinajstić information content (AvgIpc) is 2.94. The molecule has 4 heteroatoms. The molecule has 0 aliphatic carbocycles. The van der Waals surface area contributed by atoms with Gasteiger partial charge in [0.2, 0.25) is 0 Å². The molecule has 0 bridgehead atoms. The van der Waals surface area contributed by atoms with Gasteiger partial charge in [-0.1, -0.05) is 6.58 Å². The molecule has 0 saturated carbocycles. The lowest BCUT2D eigenvalue weighted by molar-refractivity contribution is 0.636. The SMILES string of the molecule is C=C(c1cc[nH]c1C)c1n[nH]c2c1CNCC2. The molecule has 0 fully saturated rings. The van der Waals surface area contributed by atoms with Gasteiger partial charge in [0, 0.05) is 53.8 Å². The third-order valence-corrected chi connectivity index (χ3v) is 3.37. The first-order chi connectivity index (χ1) is 8.27. The van der Waals surface area contributed by atoms with Gasteiger partial charge in [0.05, 0.1) is 5.69 Å². The van der Waals surface area contributed by atoms with Crippen LogP contribution in [-0.2, 0) is 13.0 Å². The summed E-state index contributed by atoms with van der Waals surface area (Å²) in [5, 5.41) is 10.9. The lowest BCUT2D eigenvalue weighted by Gasteiger charge is -2.13. The molecule has 0 unspecified atom stereocenters. The van der Waals surface area contributed by atoms with Gasteiger partial charge >= 0.3 is 0 Å².